The molecule has 1 saturated carbocycles. The molecule has 0 saturated heterocycles. The van der Waals surface area contributed by atoms with Gasteiger partial charge in [-0.3, -0.25) is 4.79 Å². The summed E-state index contributed by atoms with van der Waals surface area (Å²) in [7, 11) is -3.98. The summed E-state index contributed by atoms with van der Waals surface area (Å²) in [6, 6.07) is 8.63. The van der Waals surface area contributed by atoms with Crippen LogP contribution in [0.5, 0.6) is 0 Å². The fraction of sp³-hybridized carbons (Fsp3) is 0.269. The van der Waals surface area contributed by atoms with Crippen LogP contribution < -0.4 is 5.14 Å². The molecule has 6 nitrogen and oxygen atoms in total. The van der Waals surface area contributed by atoms with Gasteiger partial charge in [-0.25, -0.2) is 13.6 Å². The SMILES string of the molecule is C=C1C2=C(C=CC1C1(C(=O)Cc3ccc(-c4ccc(S(N)(=O)=O)cc4)c(C(F)(F)F)c3)CC1)OCO2. The molecule has 0 spiro atoms. The normalized spacial score (nSPS) is 20.6. The Balaban J connectivity index is 1.41. The summed E-state index contributed by atoms with van der Waals surface area (Å²) in [5.74, 6) is 0.643. The third-order valence-electron chi connectivity index (χ3n) is 6.94. The van der Waals surface area contributed by atoms with Crippen LogP contribution in [0.3, 0.4) is 0 Å². The molecule has 0 bridgehead atoms. The number of hydrogen-bond donors (Lipinski definition) is 1. The molecule has 1 heterocycles. The first-order chi connectivity index (χ1) is 16.9. The number of primary sulfonamides is 1. The van der Waals surface area contributed by atoms with E-state index < -0.39 is 27.2 Å². The molecule has 2 aliphatic carbocycles. The Kier molecular flexibility index (Phi) is 5.64. The fourth-order valence-electron chi connectivity index (χ4n) is 4.89. The molecular formula is C26H22F3NO5S. The van der Waals surface area contributed by atoms with Gasteiger partial charge in [0.2, 0.25) is 16.8 Å². The molecular weight excluding hydrogens is 495 g/mol. The molecule has 2 aromatic carbocycles. The second-order valence-electron chi connectivity index (χ2n) is 9.17. The number of rotatable bonds is 6. The molecule has 36 heavy (non-hydrogen) atoms. The van der Waals surface area contributed by atoms with Crippen LogP contribution in [0.15, 0.2) is 83.2 Å². The Morgan fingerprint density at radius 1 is 1.11 bits per heavy atom. The van der Waals surface area contributed by atoms with Gasteiger partial charge in [0.05, 0.1) is 10.5 Å². The van der Waals surface area contributed by atoms with Gasteiger partial charge in [-0.05, 0) is 59.4 Å². The van der Waals surface area contributed by atoms with Crippen molar-refractivity contribution in [3.05, 3.63) is 89.4 Å². The zero-order valence-electron chi connectivity index (χ0n) is 19.0. The Bertz CT molecular complexity index is 1430. The predicted octanol–water partition coefficient (Wildman–Crippen LogP) is 4.87. The maximum absolute atomic E-state index is 14.0. The van der Waals surface area contributed by atoms with Crippen LogP contribution in [0.25, 0.3) is 11.1 Å². The van der Waals surface area contributed by atoms with Crippen molar-refractivity contribution < 1.29 is 35.9 Å². The minimum atomic E-state index is -4.69. The number of ether oxygens (including phenoxy) is 2. The Morgan fingerprint density at radius 2 is 1.81 bits per heavy atom. The predicted molar refractivity (Wildman–Crippen MR) is 124 cm³/mol. The Morgan fingerprint density at radius 3 is 2.42 bits per heavy atom. The van der Waals surface area contributed by atoms with Crippen LogP contribution in [0, 0.1) is 11.3 Å². The van der Waals surface area contributed by atoms with Gasteiger partial charge in [-0.1, -0.05) is 36.9 Å². The summed E-state index contributed by atoms with van der Waals surface area (Å²) in [4.78, 5) is 13.2. The zero-order chi connectivity index (χ0) is 25.9. The number of alkyl halides is 3. The number of ketones is 1. The van der Waals surface area contributed by atoms with E-state index in [0.29, 0.717) is 29.9 Å². The second kappa shape index (κ2) is 8.35. The molecule has 0 aromatic heterocycles. The average Bonchev–Trinajstić information content (AvgIpc) is 3.47. The van der Waals surface area contributed by atoms with E-state index in [0.717, 1.165) is 18.2 Å². The quantitative estimate of drug-likeness (QED) is 0.590. The summed E-state index contributed by atoms with van der Waals surface area (Å²) < 4.78 is 75.7. The lowest BCUT2D eigenvalue weighted by atomic mass is 9.76. The number of nitrogens with two attached hydrogens (primary N) is 1. The molecule has 2 aromatic rings. The number of allylic oxidation sites excluding steroid dienone is 3. The van der Waals surface area contributed by atoms with E-state index >= 15 is 0 Å². The molecule has 3 aliphatic rings. The van der Waals surface area contributed by atoms with Crippen molar-refractivity contribution in [1.82, 2.24) is 0 Å². The first-order valence-corrected chi connectivity index (χ1v) is 12.7. The van der Waals surface area contributed by atoms with E-state index in [4.69, 9.17) is 14.6 Å². The van der Waals surface area contributed by atoms with Crippen LogP contribution in [0.1, 0.15) is 24.0 Å². The zero-order valence-corrected chi connectivity index (χ0v) is 19.8. The number of carbonyl (C=O) groups is 1. The number of halogens is 3. The number of hydrogen-bond acceptors (Lipinski definition) is 5. The molecule has 0 radical (unpaired) electrons. The Labute approximate surface area is 205 Å². The van der Waals surface area contributed by atoms with Gasteiger partial charge in [0, 0.05) is 17.8 Å². The standard InChI is InChI=1S/C26H22F3NO5S/c1-15-20(8-9-22-24(15)35-14-34-22)25(10-11-25)23(31)13-16-2-7-19(21(12-16)26(27,28)29)17-3-5-18(6-4-17)36(30,32)33/h2-9,12,20H,1,10-11,13-14H2,(H2,30,32,33). The van der Waals surface area contributed by atoms with Crippen molar-refractivity contribution in [3.8, 4) is 11.1 Å². The van der Waals surface area contributed by atoms with Crippen LogP contribution in [-0.2, 0) is 36.9 Å². The van der Waals surface area contributed by atoms with Gasteiger partial charge in [0.15, 0.2) is 11.5 Å². The van der Waals surface area contributed by atoms with E-state index in [1.54, 1.807) is 6.08 Å². The molecule has 2 N–H and O–H groups in total. The topological polar surface area (TPSA) is 95.7 Å². The summed E-state index contributed by atoms with van der Waals surface area (Å²) in [5, 5.41) is 5.07. The largest absolute Gasteiger partial charge is 0.454 e. The van der Waals surface area contributed by atoms with Crippen molar-refractivity contribution in [2.24, 2.45) is 16.5 Å². The van der Waals surface area contributed by atoms with Crippen molar-refractivity contribution in [2.75, 3.05) is 6.79 Å². The minimum Gasteiger partial charge on any atom is -0.454 e. The monoisotopic (exact) mass is 517 g/mol. The van der Waals surface area contributed by atoms with E-state index in [2.05, 4.69) is 6.58 Å². The van der Waals surface area contributed by atoms with Crippen molar-refractivity contribution in [2.45, 2.75) is 30.3 Å². The smallest absolute Gasteiger partial charge is 0.417 e. The molecule has 5 rings (SSSR count). The maximum Gasteiger partial charge on any atom is 0.417 e. The third kappa shape index (κ3) is 4.24. The molecule has 10 heteroatoms. The van der Waals surface area contributed by atoms with E-state index in [1.807, 2.05) is 6.08 Å². The number of benzene rings is 2. The highest BCUT2D eigenvalue weighted by molar-refractivity contribution is 7.89. The highest BCUT2D eigenvalue weighted by atomic mass is 32.2. The number of sulfonamides is 1. The summed E-state index contributed by atoms with van der Waals surface area (Å²) in [6.45, 7) is 4.17. The van der Waals surface area contributed by atoms with E-state index in [1.165, 1.54) is 24.3 Å². The molecule has 1 aliphatic heterocycles. The minimum absolute atomic E-state index is 0.0824. The second-order valence-corrected chi connectivity index (χ2v) is 10.7. The highest BCUT2D eigenvalue weighted by Gasteiger charge is 2.56. The first kappa shape index (κ1) is 24.3. The van der Waals surface area contributed by atoms with E-state index in [9.17, 15) is 26.4 Å². The molecule has 1 fully saturated rings. The van der Waals surface area contributed by atoms with Gasteiger partial charge in [-0.2, -0.15) is 13.2 Å². The number of carbonyl (C=O) groups excluding carboxylic acids is 1. The van der Waals surface area contributed by atoms with Gasteiger partial charge in [0.25, 0.3) is 0 Å². The van der Waals surface area contributed by atoms with Gasteiger partial charge in [-0.15, -0.1) is 0 Å². The van der Waals surface area contributed by atoms with Crippen molar-refractivity contribution >= 4 is 15.8 Å². The van der Waals surface area contributed by atoms with Crippen LogP contribution >= 0.6 is 0 Å². The van der Waals surface area contributed by atoms with E-state index in [-0.39, 0.29) is 46.5 Å². The maximum atomic E-state index is 14.0. The number of Topliss-reactive ketones (excluding diaryl/α,β-unsaturated/α-hetero) is 1. The summed E-state index contributed by atoms with van der Waals surface area (Å²) in [6.07, 6.45) is -0.00120. The van der Waals surface area contributed by atoms with Crippen LogP contribution in [0.4, 0.5) is 13.2 Å². The molecule has 188 valence electrons. The van der Waals surface area contributed by atoms with Gasteiger partial charge < -0.3 is 9.47 Å². The summed E-state index contributed by atoms with van der Waals surface area (Å²) in [5.41, 5.74) is -0.688. The highest BCUT2D eigenvalue weighted by Crippen LogP contribution is 2.58. The van der Waals surface area contributed by atoms with Crippen LogP contribution in [-0.4, -0.2) is 21.0 Å². The lowest BCUT2D eigenvalue weighted by Gasteiger charge is -2.27. The molecule has 0 amide bonds. The fourth-order valence-corrected chi connectivity index (χ4v) is 5.41. The Hall–Kier alpha value is -3.37. The van der Waals surface area contributed by atoms with Gasteiger partial charge >= 0.3 is 6.18 Å². The lowest BCUT2D eigenvalue weighted by Crippen LogP contribution is -2.29. The van der Waals surface area contributed by atoms with Crippen LogP contribution in [0.2, 0.25) is 0 Å². The summed E-state index contributed by atoms with van der Waals surface area (Å²) >= 11 is 0. The third-order valence-corrected chi connectivity index (χ3v) is 7.87. The average molecular weight is 518 g/mol. The first-order valence-electron chi connectivity index (χ1n) is 11.1. The lowest BCUT2D eigenvalue weighted by molar-refractivity contribution is -0.137. The van der Waals surface area contributed by atoms with Gasteiger partial charge in [0.1, 0.15) is 5.78 Å². The van der Waals surface area contributed by atoms with Crippen molar-refractivity contribution in [3.63, 3.8) is 0 Å². The molecule has 1 atom stereocenters. The van der Waals surface area contributed by atoms with Crippen molar-refractivity contribution in [1.29, 1.82) is 0 Å². The molecule has 1 unspecified atom stereocenters.